The van der Waals surface area contributed by atoms with Gasteiger partial charge in [-0.3, -0.25) is 0 Å². The first kappa shape index (κ1) is 17.6. The number of para-hydroxylation sites is 1. The molecule has 0 spiro atoms. The molecule has 134 valence electrons. The number of hydrogen-bond acceptors (Lipinski definition) is 4. The zero-order valence-corrected chi connectivity index (χ0v) is 13.6. The first-order chi connectivity index (χ1) is 11.7. The maximum Gasteiger partial charge on any atom is 0.573 e. The van der Waals surface area contributed by atoms with Gasteiger partial charge >= 0.3 is 6.36 Å². The van der Waals surface area contributed by atoms with E-state index < -0.39 is 28.2 Å². The predicted octanol–water partition coefficient (Wildman–Crippen LogP) is 3.39. The largest absolute Gasteiger partial charge is 0.573 e. The fourth-order valence-corrected chi connectivity index (χ4v) is 3.79. The second-order valence-electron chi connectivity index (χ2n) is 5.37. The van der Waals surface area contributed by atoms with Crippen molar-refractivity contribution in [3.8, 4) is 11.5 Å². The molecule has 3 rings (SSSR count). The van der Waals surface area contributed by atoms with Crippen molar-refractivity contribution in [3.63, 3.8) is 0 Å². The molecule has 1 heterocycles. The lowest BCUT2D eigenvalue weighted by Gasteiger charge is -2.26. The van der Waals surface area contributed by atoms with Gasteiger partial charge in [0.2, 0.25) is 10.0 Å². The number of ether oxygens (including phenoxy) is 2. The number of halogens is 3. The third-order valence-electron chi connectivity index (χ3n) is 3.62. The van der Waals surface area contributed by atoms with E-state index >= 15 is 0 Å². The molecular formula is C16H14F3NO4S. The molecule has 1 aliphatic heterocycles. The van der Waals surface area contributed by atoms with E-state index in [-0.39, 0.29) is 4.90 Å². The van der Waals surface area contributed by atoms with Gasteiger partial charge in [0.05, 0.1) is 17.5 Å². The Labute approximate surface area is 142 Å². The van der Waals surface area contributed by atoms with E-state index in [0.29, 0.717) is 24.3 Å². The van der Waals surface area contributed by atoms with Crippen LogP contribution in [-0.4, -0.2) is 21.4 Å². The third kappa shape index (κ3) is 4.23. The Kier molecular flexibility index (Phi) is 4.61. The van der Waals surface area contributed by atoms with E-state index in [1.807, 2.05) is 0 Å². The number of rotatable bonds is 4. The van der Waals surface area contributed by atoms with Gasteiger partial charge in [-0.15, -0.1) is 13.2 Å². The summed E-state index contributed by atoms with van der Waals surface area (Å²) in [7, 11) is -3.91. The molecule has 0 radical (unpaired) electrons. The van der Waals surface area contributed by atoms with Crippen molar-refractivity contribution in [2.24, 2.45) is 0 Å². The van der Waals surface area contributed by atoms with Gasteiger partial charge in [0, 0.05) is 12.0 Å². The van der Waals surface area contributed by atoms with Crippen LogP contribution in [0.3, 0.4) is 0 Å². The lowest BCUT2D eigenvalue weighted by molar-refractivity contribution is -0.274. The first-order valence-corrected chi connectivity index (χ1v) is 8.83. The molecule has 0 aromatic heterocycles. The van der Waals surface area contributed by atoms with E-state index in [9.17, 15) is 21.6 Å². The molecular weight excluding hydrogens is 359 g/mol. The molecule has 0 amide bonds. The van der Waals surface area contributed by atoms with Crippen LogP contribution in [0.4, 0.5) is 13.2 Å². The highest BCUT2D eigenvalue weighted by Gasteiger charge is 2.31. The molecule has 1 atom stereocenters. The number of nitrogens with one attached hydrogen (secondary N) is 1. The van der Waals surface area contributed by atoms with E-state index in [1.54, 1.807) is 24.3 Å². The molecule has 0 fully saturated rings. The Hall–Kier alpha value is -2.26. The van der Waals surface area contributed by atoms with Crippen molar-refractivity contribution in [3.05, 3.63) is 54.1 Å². The maximum absolute atomic E-state index is 12.5. The number of alkyl halides is 3. The molecule has 25 heavy (non-hydrogen) atoms. The average molecular weight is 373 g/mol. The summed E-state index contributed by atoms with van der Waals surface area (Å²) in [6.07, 6.45) is -4.38. The third-order valence-corrected chi connectivity index (χ3v) is 5.11. The summed E-state index contributed by atoms with van der Waals surface area (Å²) >= 11 is 0. The highest BCUT2D eigenvalue weighted by atomic mass is 32.2. The quantitative estimate of drug-likeness (QED) is 0.892. The Morgan fingerprint density at radius 1 is 1.08 bits per heavy atom. The van der Waals surface area contributed by atoms with Crippen LogP contribution < -0.4 is 14.2 Å². The van der Waals surface area contributed by atoms with E-state index in [4.69, 9.17) is 4.74 Å². The normalized spacial score (nSPS) is 17.5. The summed E-state index contributed by atoms with van der Waals surface area (Å²) in [5.74, 6) is 0.123. The number of benzene rings is 2. The van der Waals surface area contributed by atoms with Crippen molar-refractivity contribution in [2.45, 2.75) is 23.7 Å². The van der Waals surface area contributed by atoms with Crippen LogP contribution in [0, 0.1) is 0 Å². The number of fused-ring (bicyclic) bond motifs is 1. The van der Waals surface area contributed by atoms with Crippen molar-refractivity contribution in [1.82, 2.24) is 4.72 Å². The zero-order chi connectivity index (χ0) is 18.1. The van der Waals surface area contributed by atoms with Crippen molar-refractivity contribution < 1.29 is 31.1 Å². The Morgan fingerprint density at radius 2 is 1.76 bits per heavy atom. The SMILES string of the molecule is O=S(=O)(N[C@H]1CCOc2ccccc21)c1ccc(OC(F)(F)F)cc1. The minimum absolute atomic E-state index is 0.147. The monoisotopic (exact) mass is 373 g/mol. The molecule has 1 N–H and O–H groups in total. The molecule has 1 aliphatic rings. The number of sulfonamides is 1. The maximum atomic E-state index is 12.5. The molecule has 9 heteroatoms. The standard InChI is InChI=1S/C16H14F3NO4S/c17-16(18,19)24-11-5-7-12(8-6-11)25(21,22)20-14-9-10-23-15-4-2-1-3-13(14)15/h1-8,14,20H,9-10H2/t14-/m0/s1. The molecule has 2 aromatic carbocycles. The van der Waals surface area contributed by atoms with Crippen LogP contribution in [-0.2, 0) is 10.0 Å². The molecule has 2 aromatic rings. The van der Waals surface area contributed by atoms with Crippen molar-refractivity contribution >= 4 is 10.0 Å². The van der Waals surface area contributed by atoms with Crippen LogP contribution in [0.25, 0.3) is 0 Å². The van der Waals surface area contributed by atoms with Crippen LogP contribution in [0.5, 0.6) is 11.5 Å². The Morgan fingerprint density at radius 3 is 2.44 bits per heavy atom. The summed E-state index contributed by atoms with van der Waals surface area (Å²) in [4.78, 5) is -0.147. The minimum atomic E-state index is -4.83. The van der Waals surface area contributed by atoms with Crippen LogP contribution in [0.2, 0.25) is 0 Å². The summed E-state index contributed by atoms with van der Waals surface area (Å²) in [6.45, 7) is 0.364. The summed E-state index contributed by atoms with van der Waals surface area (Å²) in [5, 5.41) is 0. The van der Waals surface area contributed by atoms with E-state index in [0.717, 1.165) is 24.3 Å². The fraction of sp³-hybridized carbons (Fsp3) is 0.250. The first-order valence-electron chi connectivity index (χ1n) is 7.34. The highest BCUT2D eigenvalue weighted by Crippen LogP contribution is 2.33. The van der Waals surface area contributed by atoms with Gasteiger partial charge in [0.1, 0.15) is 11.5 Å². The number of hydrogen-bond donors (Lipinski definition) is 1. The molecule has 0 unspecified atom stereocenters. The summed E-state index contributed by atoms with van der Waals surface area (Å²) in [6, 6.07) is 10.7. The summed E-state index contributed by atoms with van der Waals surface area (Å²) < 4.78 is 73.2. The highest BCUT2D eigenvalue weighted by molar-refractivity contribution is 7.89. The average Bonchev–Trinajstić information content (AvgIpc) is 2.54. The Bertz CT molecular complexity index is 850. The van der Waals surface area contributed by atoms with Gasteiger partial charge in [-0.1, -0.05) is 18.2 Å². The second kappa shape index (κ2) is 6.57. The predicted molar refractivity (Wildman–Crippen MR) is 82.7 cm³/mol. The molecule has 0 aliphatic carbocycles. The summed E-state index contributed by atoms with van der Waals surface area (Å²) in [5.41, 5.74) is 0.717. The lowest BCUT2D eigenvalue weighted by Crippen LogP contribution is -2.32. The molecule has 0 bridgehead atoms. The topological polar surface area (TPSA) is 64.6 Å². The smallest absolute Gasteiger partial charge is 0.493 e. The van der Waals surface area contributed by atoms with E-state index in [2.05, 4.69) is 9.46 Å². The lowest BCUT2D eigenvalue weighted by atomic mass is 10.0. The molecule has 0 saturated carbocycles. The van der Waals surface area contributed by atoms with Crippen LogP contribution in [0.1, 0.15) is 18.0 Å². The van der Waals surface area contributed by atoms with Gasteiger partial charge in [-0.05, 0) is 30.3 Å². The fourth-order valence-electron chi connectivity index (χ4n) is 2.54. The van der Waals surface area contributed by atoms with Crippen LogP contribution in [0.15, 0.2) is 53.4 Å². The van der Waals surface area contributed by atoms with Gasteiger partial charge in [0.25, 0.3) is 0 Å². The van der Waals surface area contributed by atoms with Gasteiger partial charge in [0.15, 0.2) is 0 Å². The molecule has 0 saturated heterocycles. The van der Waals surface area contributed by atoms with Crippen molar-refractivity contribution in [1.29, 1.82) is 0 Å². The van der Waals surface area contributed by atoms with Gasteiger partial charge < -0.3 is 9.47 Å². The van der Waals surface area contributed by atoms with Gasteiger partial charge in [-0.25, -0.2) is 13.1 Å². The second-order valence-corrected chi connectivity index (χ2v) is 7.08. The Balaban J connectivity index is 1.79. The molecule has 5 nitrogen and oxygen atoms in total. The van der Waals surface area contributed by atoms with Crippen LogP contribution >= 0.6 is 0 Å². The van der Waals surface area contributed by atoms with Crippen molar-refractivity contribution in [2.75, 3.05) is 6.61 Å². The minimum Gasteiger partial charge on any atom is -0.493 e. The zero-order valence-electron chi connectivity index (χ0n) is 12.8. The van der Waals surface area contributed by atoms with E-state index in [1.165, 1.54) is 0 Å². The van der Waals surface area contributed by atoms with Gasteiger partial charge in [-0.2, -0.15) is 0 Å².